The number of ether oxygens (including phenoxy) is 1. The van der Waals surface area contributed by atoms with Gasteiger partial charge in [0.1, 0.15) is 5.69 Å². The minimum absolute atomic E-state index is 0.145. The van der Waals surface area contributed by atoms with Gasteiger partial charge < -0.3 is 14.5 Å². The maximum absolute atomic E-state index is 12.7. The first kappa shape index (κ1) is 18.9. The lowest BCUT2D eigenvalue weighted by atomic mass is 10.1. The number of esters is 1. The van der Waals surface area contributed by atoms with Crippen LogP contribution in [0.15, 0.2) is 70.7 Å². The van der Waals surface area contributed by atoms with Crippen LogP contribution in [0, 0.1) is 0 Å². The maximum atomic E-state index is 12.7. The highest BCUT2D eigenvalue weighted by Gasteiger charge is 2.18. The molecule has 3 heterocycles. The Labute approximate surface area is 171 Å². The Kier molecular flexibility index (Phi) is 5.39. The number of rotatable bonds is 6. The third kappa shape index (κ3) is 4.20. The van der Waals surface area contributed by atoms with Crippen molar-refractivity contribution < 1.29 is 18.7 Å². The van der Waals surface area contributed by atoms with E-state index >= 15 is 0 Å². The standard InChI is InChI=1S/C22H18N2O4S/c1-14(20-9-5-11-29-20)23-21(25)13-28-22(26)16-12-18(19-8-4-10-27-19)24-17-7-3-2-6-15(16)17/h2-12,14H,13H2,1H3,(H,23,25)/t14-/m1/s1. The minimum atomic E-state index is -0.588. The van der Waals surface area contributed by atoms with Crippen LogP contribution in [0.1, 0.15) is 28.2 Å². The molecule has 146 valence electrons. The fraction of sp³-hybridized carbons (Fsp3) is 0.136. The average Bonchev–Trinajstić information content (AvgIpc) is 3.45. The summed E-state index contributed by atoms with van der Waals surface area (Å²) in [6, 6.07) is 16.1. The second-order valence-electron chi connectivity index (χ2n) is 6.43. The topological polar surface area (TPSA) is 81.4 Å². The lowest BCUT2D eigenvalue weighted by molar-refractivity contribution is -0.124. The van der Waals surface area contributed by atoms with Crippen molar-refractivity contribution in [3.8, 4) is 11.5 Å². The largest absolute Gasteiger partial charge is 0.463 e. The van der Waals surface area contributed by atoms with E-state index in [-0.39, 0.29) is 18.6 Å². The zero-order valence-electron chi connectivity index (χ0n) is 15.6. The molecule has 1 amide bonds. The predicted octanol–water partition coefficient (Wildman–Crippen LogP) is 4.59. The number of furan rings is 1. The first-order valence-corrected chi connectivity index (χ1v) is 9.93. The number of carbonyl (C=O) groups excluding carboxylic acids is 2. The maximum Gasteiger partial charge on any atom is 0.339 e. The van der Waals surface area contributed by atoms with Crippen LogP contribution < -0.4 is 5.32 Å². The molecule has 0 unspecified atom stereocenters. The SMILES string of the molecule is C[C@@H](NC(=O)COC(=O)c1cc(-c2ccco2)nc2ccccc12)c1cccs1. The number of amides is 1. The molecule has 1 aromatic carbocycles. The average molecular weight is 406 g/mol. The van der Waals surface area contributed by atoms with E-state index in [0.717, 1.165) is 4.88 Å². The Morgan fingerprint density at radius 2 is 2.03 bits per heavy atom. The Hall–Kier alpha value is -3.45. The number of nitrogens with zero attached hydrogens (tertiary/aromatic N) is 1. The molecule has 1 atom stereocenters. The van der Waals surface area contributed by atoms with Crippen LogP contribution in [0.4, 0.5) is 0 Å². The lowest BCUT2D eigenvalue weighted by Crippen LogP contribution is -2.30. The van der Waals surface area contributed by atoms with Gasteiger partial charge in [-0.15, -0.1) is 11.3 Å². The van der Waals surface area contributed by atoms with E-state index in [0.29, 0.717) is 27.9 Å². The van der Waals surface area contributed by atoms with Crippen molar-refractivity contribution in [3.05, 3.63) is 76.7 Å². The molecule has 0 aliphatic rings. The van der Waals surface area contributed by atoms with Crippen LogP contribution in [0.5, 0.6) is 0 Å². The Morgan fingerprint density at radius 3 is 2.79 bits per heavy atom. The van der Waals surface area contributed by atoms with Crippen molar-refractivity contribution in [3.63, 3.8) is 0 Å². The van der Waals surface area contributed by atoms with E-state index in [1.54, 1.807) is 41.9 Å². The number of hydrogen-bond acceptors (Lipinski definition) is 6. The molecule has 1 N–H and O–H groups in total. The Morgan fingerprint density at radius 1 is 1.17 bits per heavy atom. The van der Waals surface area contributed by atoms with Gasteiger partial charge in [0.25, 0.3) is 5.91 Å². The molecule has 7 heteroatoms. The van der Waals surface area contributed by atoms with Gasteiger partial charge in [-0.2, -0.15) is 0 Å². The second kappa shape index (κ2) is 8.28. The molecule has 4 rings (SSSR count). The fourth-order valence-corrected chi connectivity index (χ4v) is 3.73. The Balaban J connectivity index is 1.51. The monoisotopic (exact) mass is 406 g/mol. The van der Waals surface area contributed by atoms with E-state index in [1.165, 1.54) is 0 Å². The number of hydrogen-bond donors (Lipinski definition) is 1. The quantitative estimate of drug-likeness (QED) is 0.474. The molecule has 0 radical (unpaired) electrons. The molecule has 4 aromatic rings. The number of pyridine rings is 1. The number of fused-ring (bicyclic) bond motifs is 1. The van der Waals surface area contributed by atoms with Crippen LogP contribution in [-0.2, 0) is 9.53 Å². The van der Waals surface area contributed by atoms with E-state index in [2.05, 4.69) is 10.3 Å². The zero-order chi connectivity index (χ0) is 20.2. The number of para-hydroxylation sites is 1. The minimum Gasteiger partial charge on any atom is -0.463 e. The number of thiophene rings is 1. The van der Waals surface area contributed by atoms with Gasteiger partial charge in [0.05, 0.1) is 23.4 Å². The summed E-state index contributed by atoms with van der Waals surface area (Å²) in [5.74, 6) is -0.397. The van der Waals surface area contributed by atoms with Gasteiger partial charge in [0.15, 0.2) is 12.4 Å². The molecule has 29 heavy (non-hydrogen) atoms. The molecule has 0 bridgehead atoms. The van der Waals surface area contributed by atoms with E-state index in [9.17, 15) is 9.59 Å². The van der Waals surface area contributed by atoms with Gasteiger partial charge in [-0.1, -0.05) is 24.3 Å². The highest BCUT2D eigenvalue weighted by molar-refractivity contribution is 7.10. The molecule has 0 aliphatic heterocycles. The van der Waals surface area contributed by atoms with Crippen molar-refractivity contribution in [2.24, 2.45) is 0 Å². The summed E-state index contributed by atoms with van der Waals surface area (Å²) in [5.41, 5.74) is 1.50. The normalized spacial score (nSPS) is 11.9. The smallest absolute Gasteiger partial charge is 0.339 e. The molecule has 0 saturated heterocycles. The van der Waals surface area contributed by atoms with Crippen molar-refractivity contribution in [2.75, 3.05) is 6.61 Å². The Bertz CT molecular complexity index is 1140. The summed E-state index contributed by atoms with van der Waals surface area (Å²) in [7, 11) is 0. The van der Waals surface area contributed by atoms with Gasteiger partial charge in [0, 0.05) is 10.3 Å². The summed E-state index contributed by atoms with van der Waals surface area (Å²) in [5, 5.41) is 5.43. The summed E-state index contributed by atoms with van der Waals surface area (Å²) in [6.07, 6.45) is 1.54. The van der Waals surface area contributed by atoms with Crippen LogP contribution in [0.2, 0.25) is 0 Å². The molecule has 3 aromatic heterocycles. The summed E-state index contributed by atoms with van der Waals surface area (Å²) in [4.78, 5) is 30.5. The van der Waals surface area contributed by atoms with E-state index in [1.807, 2.05) is 42.6 Å². The molecule has 6 nitrogen and oxygen atoms in total. The predicted molar refractivity (Wildman–Crippen MR) is 111 cm³/mol. The number of nitrogens with one attached hydrogen (secondary N) is 1. The van der Waals surface area contributed by atoms with Gasteiger partial charge in [-0.3, -0.25) is 4.79 Å². The van der Waals surface area contributed by atoms with Crippen molar-refractivity contribution >= 4 is 34.1 Å². The zero-order valence-corrected chi connectivity index (χ0v) is 16.4. The fourth-order valence-electron chi connectivity index (χ4n) is 3.00. The second-order valence-corrected chi connectivity index (χ2v) is 7.41. The summed E-state index contributed by atoms with van der Waals surface area (Å²) in [6.45, 7) is 1.53. The molecular formula is C22H18N2O4S. The van der Waals surface area contributed by atoms with Crippen LogP contribution in [-0.4, -0.2) is 23.5 Å². The third-order valence-corrected chi connectivity index (χ3v) is 5.45. The first-order valence-electron chi connectivity index (χ1n) is 9.05. The highest BCUT2D eigenvalue weighted by Crippen LogP contribution is 2.25. The molecular weight excluding hydrogens is 388 g/mol. The van der Waals surface area contributed by atoms with Gasteiger partial charge in [-0.25, -0.2) is 9.78 Å². The van der Waals surface area contributed by atoms with Crippen LogP contribution in [0.25, 0.3) is 22.4 Å². The number of benzene rings is 1. The molecule has 0 saturated carbocycles. The lowest BCUT2D eigenvalue weighted by Gasteiger charge is -2.13. The molecule has 0 fully saturated rings. The highest BCUT2D eigenvalue weighted by atomic mass is 32.1. The van der Waals surface area contributed by atoms with Crippen molar-refractivity contribution in [1.82, 2.24) is 10.3 Å². The first-order chi connectivity index (χ1) is 14.1. The molecule has 0 aliphatic carbocycles. The van der Waals surface area contributed by atoms with Gasteiger partial charge >= 0.3 is 5.97 Å². The summed E-state index contributed by atoms with van der Waals surface area (Å²) < 4.78 is 10.7. The van der Waals surface area contributed by atoms with E-state index < -0.39 is 5.97 Å². The van der Waals surface area contributed by atoms with E-state index in [4.69, 9.17) is 9.15 Å². The number of carbonyl (C=O) groups is 2. The van der Waals surface area contributed by atoms with Crippen LogP contribution >= 0.6 is 11.3 Å². The van der Waals surface area contributed by atoms with Gasteiger partial charge in [0.2, 0.25) is 0 Å². The number of aromatic nitrogens is 1. The summed E-state index contributed by atoms with van der Waals surface area (Å²) >= 11 is 1.56. The third-order valence-electron chi connectivity index (χ3n) is 4.39. The molecule has 0 spiro atoms. The van der Waals surface area contributed by atoms with Gasteiger partial charge in [-0.05, 0) is 42.6 Å². The van der Waals surface area contributed by atoms with Crippen molar-refractivity contribution in [1.29, 1.82) is 0 Å². The van der Waals surface area contributed by atoms with Crippen molar-refractivity contribution in [2.45, 2.75) is 13.0 Å². The van der Waals surface area contributed by atoms with Crippen LogP contribution in [0.3, 0.4) is 0 Å².